The molecule has 0 bridgehead atoms. The van der Waals surface area contributed by atoms with Gasteiger partial charge in [-0.1, -0.05) is 0 Å². The number of pyridine rings is 1. The number of rotatable bonds is 7. The molecule has 0 aliphatic heterocycles. The summed E-state index contributed by atoms with van der Waals surface area (Å²) in [5.41, 5.74) is 0. The van der Waals surface area contributed by atoms with Gasteiger partial charge in [-0.2, -0.15) is 0 Å². The molecule has 0 atom stereocenters. The minimum Gasteiger partial charge on any atom is -0.378 e. The molecule has 0 aromatic carbocycles. The lowest BCUT2D eigenvalue weighted by atomic mass is 10.4. The van der Waals surface area contributed by atoms with E-state index in [0.29, 0.717) is 19.8 Å². The van der Waals surface area contributed by atoms with E-state index in [1.165, 1.54) is 0 Å². The predicted octanol–water partition coefficient (Wildman–Crippen LogP) is 1.35. The van der Waals surface area contributed by atoms with Crippen molar-refractivity contribution < 1.29 is 13.5 Å². The van der Waals surface area contributed by atoms with Gasteiger partial charge in [0.05, 0.1) is 19.4 Å². The molecule has 0 aliphatic rings. The van der Waals surface area contributed by atoms with Crippen molar-refractivity contribution in [1.82, 2.24) is 9.88 Å². The van der Waals surface area contributed by atoms with Gasteiger partial charge >= 0.3 is 0 Å². The Hall–Kier alpha value is -1.27. The summed E-state index contributed by atoms with van der Waals surface area (Å²) in [5, 5.41) is 2.74. The molecule has 1 N–H and O–H groups in total. The predicted molar refractivity (Wildman–Crippen MR) is 62.0 cm³/mol. The lowest BCUT2D eigenvalue weighted by Crippen LogP contribution is -2.20. The summed E-state index contributed by atoms with van der Waals surface area (Å²) >= 11 is 0. The smallest absolute Gasteiger partial charge is 0.168 e. The molecule has 0 saturated heterocycles. The number of hydrogen-bond donors (Lipinski definition) is 1. The number of aromatic nitrogens is 1. The van der Waals surface area contributed by atoms with Gasteiger partial charge in [-0.3, -0.25) is 0 Å². The average Bonchev–Trinajstić information content (AvgIpc) is 2.25. The molecule has 0 radical (unpaired) electrons. The maximum Gasteiger partial charge on any atom is 0.168 e. The van der Waals surface area contributed by atoms with E-state index in [1.807, 2.05) is 19.0 Å². The Kier molecular flexibility index (Phi) is 5.79. The molecule has 0 amide bonds. The Morgan fingerprint density at radius 2 is 2.12 bits per heavy atom. The van der Waals surface area contributed by atoms with Gasteiger partial charge in [0.15, 0.2) is 11.6 Å². The molecule has 0 saturated carbocycles. The molecule has 1 rings (SSSR count). The first-order chi connectivity index (χ1) is 8.09. The Bertz CT molecular complexity index is 347. The second-order valence-electron chi connectivity index (χ2n) is 3.83. The van der Waals surface area contributed by atoms with E-state index in [-0.39, 0.29) is 5.82 Å². The van der Waals surface area contributed by atoms with Gasteiger partial charge in [0.1, 0.15) is 5.82 Å². The lowest BCUT2D eigenvalue weighted by Gasteiger charge is -2.10. The Morgan fingerprint density at radius 3 is 2.76 bits per heavy atom. The van der Waals surface area contributed by atoms with Crippen molar-refractivity contribution in [3.63, 3.8) is 0 Å². The molecule has 0 unspecified atom stereocenters. The fourth-order valence-electron chi connectivity index (χ4n) is 1.14. The van der Waals surface area contributed by atoms with E-state index < -0.39 is 11.6 Å². The van der Waals surface area contributed by atoms with Crippen molar-refractivity contribution in [1.29, 1.82) is 0 Å². The maximum atomic E-state index is 13.1. The second kappa shape index (κ2) is 7.13. The summed E-state index contributed by atoms with van der Waals surface area (Å²) in [7, 11) is 3.92. The topological polar surface area (TPSA) is 37.4 Å². The summed E-state index contributed by atoms with van der Waals surface area (Å²) in [4.78, 5) is 5.61. The van der Waals surface area contributed by atoms with E-state index in [9.17, 15) is 8.78 Å². The highest BCUT2D eigenvalue weighted by Crippen LogP contribution is 2.10. The number of halogens is 2. The second-order valence-corrected chi connectivity index (χ2v) is 3.83. The average molecular weight is 245 g/mol. The summed E-state index contributed by atoms with van der Waals surface area (Å²) < 4.78 is 31.0. The summed E-state index contributed by atoms with van der Waals surface area (Å²) in [6, 6.07) is 0.794. The Labute approximate surface area is 99.6 Å². The maximum absolute atomic E-state index is 13.1. The molecular formula is C11H17F2N3O. The van der Waals surface area contributed by atoms with Crippen LogP contribution >= 0.6 is 0 Å². The Balaban J connectivity index is 2.18. The third-order valence-corrected chi connectivity index (χ3v) is 2.03. The standard InChI is InChI=1S/C11H17F2N3O/c1-16(2)4-6-17-5-3-14-11-10(13)7-9(12)8-15-11/h7-8H,3-6H2,1-2H3,(H,14,15). The highest BCUT2D eigenvalue weighted by Gasteiger charge is 2.03. The van der Waals surface area contributed by atoms with E-state index in [2.05, 4.69) is 10.3 Å². The summed E-state index contributed by atoms with van der Waals surface area (Å²) in [5.74, 6) is -1.34. The van der Waals surface area contributed by atoms with Gasteiger partial charge in [0.25, 0.3) is 0 Å². The first-order valence-electron chi connectivity index (χ1n) is 5.37. The molecule has 0 spiro atoms. The fourth-order valence-corrected chi connectivity index (χ4v) is 1.14. The number of ether oxygens (including phenoxy) is 1. The summed E-state index contributed by atoms with van der Waals surface area (Å²) in [6.45, 7) is 2.34. The third-order valence-electron chi connectivity index (χ3n) is 2.03. The van der Waals surface area contributed by atoms with Crippen molar-refractivity contribution >= 4 is 5.82 Å². The summed E-state index contributed by atoms with van der Waals surface area (Å²) in [6.07, 6.45) is 0.971. The van der Waals surface area contributed by atoms with Gasteiger partial charge in [-0.05, 0) is 14.1 Å². The first-order valence-corrected chi connectivity index (χ1v) is 5.37. The minimum absolute atomic E-state index is 0.0441. The van der Waals surface area contributed by atoms with Crippen LogP contribution in [0.4, 0.5) is 14.6 Å². The van der Waals surface area contributed by atoms with Gasteiger partial charge in [-0.25, -0.2) is 13.8 Å². The fraction of sp³-hybridized carbons (Fsp3) is 0.545. The number of likely N-dealkylation sites (N-methyl/N-ethyl adjacent to an activating group) is 1. The number of hydrogen-bond acceptors (Lipinski definition) is 4. The zero-order valence-corrected chi connectivity index (χ0v) is 10.0. The molecule has 0 fully saturated rings. The van der Waals surface area contributed by atoms with Crippen LogP contribution in [-0.2, 0) is 4.74 Å². The van der Waals surface area contributed by atoms with Crippen LogP contribution in [0.5, 0.6) is 0 Å². The van der Waals surface area contributed by atoms with Crippen LogP contribution in [0.2, 0.25) is 0 Å². The van der Waals surface area contributed by atoms with Gasteiger partial charge in [-0.15, -0.1) is 0 Å². The first kappa shape index (κ1) is 13.8. The molecule has 1 aromatic heterocycles. The highest BCUT2D eigenvalue weighted by atomic mass is 19.1. The molecule has 6 heteroatoms. The van der Waals surface area contributed by atoms with Crippen LogP contribution in [0.15, 0.2) is 12.3 Å². The van der Waals surface area contributed by atoms with Gasteiger partial charge in [0, 0.05) is 19.2 Å². The number of nitrogens with one attached hydrogen (secondary N) is 1. The lowest BCUT2D eigenvalue weighted by molar-refractivity contribution is 0.126. The minimum atomic E-state index is -0.696. The van der Waals surface area contributed by atoms with Crippen molar-refractivity contribution in [3.05, 3.63) is 23.9 Å². The van der Waals surface area contributed by atoms with Crippen LogP contribution < -0.4 is 5.32 Å². The molecular weight excluding hydrogens is 228 g/mol. The van der Waals surface area contributed by atoms with E-state index in [4.69, 9.17) is 4.74 Å². The largest absolute Gasteiger partial charge is 0.378 e. The zero-order chi connectivity index (χ0) is 12.7. The molecule has 1 aromatic rings. The number of anilines is 1. The van der Waals surface area contributed by atoms with Crippen LogP contribution in [0.25, 0.3) is 0 Å². The molecule has 4 nitrogen and oxygen atoms in total. The van der Waals surface area contributed by atoms with E-state index in [0.717, 1.165) is 18.8 Å². The molecule has 1 heterocycles. The SMILES string of the molecule is CN(C)CCOCCNc1ncc(F)cc1F. The van der Waals surface area contributed by atoms with E-state index >= 15 is 0 Å². The van der Waals surface area contributed by atoms with Crippen molar-refractivity contribution in [2.24, 2.45) is 0 Å². The van der Waals surface area contributed by atoms with Gasteiger partial charge in [0.2, 0.25) is 0 Å². The molecule has 96 valence electrons. The van der Waals surface area contributed by atoms with Gasteiger partial charge < -0.3 is 15.0 Å². The van der Waals surface area contributed by atoms with Crippen LogP contribution in [-0.4, -0.2) is 50.3 Å². The van der Waals surface area contributed by atoms with Crippen molar-refractivity contribution in [2.45, 2.75) is 0 Å². The van der Waals surface area contributed by atoms with Crippen LogP contribution in [0.3, 0.4) is 0 Å². The third kappa shape index (κ3) is 5.55. The van der Waals surface area contributed by atoms with Crippen LogP contribution in [0.1, 0.15) is 0 Å². The van der Waals surface area contributed by atoms with Crippen molar-refractivity contribution in [2.75, 3.05) is 45.7 Å². The zero-order valence-electron chi connectivity index (χ0n) is 10.0. The van der Waals surface area contributed by atoms with Crippen LogP contribution in [0, 0.1) is 11.6 Å². The van der Waals surface area contributed by atoms with Crippen molar-refractivity contribution in [3.8, 4) is 0 Å². The molecule has 17 heavy (non-hydrogen) atoms. The molecule has 0 aliphatic carbocycles. The normalized spacial score (nSPS) is 10.9. The Morgan fingerprint density at radius 1 is 1.35 bits per heavy atom. The quantitative estimate of drug-likeness (QED) is 0.736. The highest BCUT2D eigenvalue weighted by molar-refractivity contribution is 5.35. The monoisotopic (exact) mass is 245 g/mol. The van der Waals surface area contributed by atoms with E-state index in [1.54, 1.807) is 0 Å². The number of nitrogens with zero attached hydrogens (tertiary/aromatic N) is 2.